The van der Waals surface area contributed by atoms with Gasteiger partial charge in [0.1, 0.15) is 5.15 Å². The first-order chi connectivity index (χ1) is 7.56. The number of hydrogen-bond donors (Lipinski definition) is 1. The molecule has 1 aromatic rings. The van der Waals surface area contributed by atoms with Crippen molar-refractivity contribution in [1.29, 1.82) is 0 Å². The van der Waals surface area contributed by atoms with Crippen molar-refractivity contribution in [3.8, 4) is 0 Å². The summed E-state index contributed by atoms with van der Waals surface area (Å²) in [6.07, 6.45) is 1.18. The predicted octanol–water partition coefficient (Wildman–Crippen LogP) is 2.55. The monoisotopic (exact) mass is 239 g/mol. The Hall–Kier alpha value is -0.800. The number of nitrogens with one attached hydrogen (secondary N) is 1. The number of aryl methyl sites for hydroxylation is 1. The normalized spacial score (nSPS) is 26.0. The molecule has 0 amide bonds. The average Bonchev–Trinajstić information content (AvgIpc) is 2.51. The summed E-state index contributed by atoms with van der Waals surface area (Å²) in [7, 11) is 2.17. The van der Waals surface area contributed by atoms with Crippen molar-refractivity contribution >= 4 is 17.3 Å². The molecule has 0 radical (unpaired) electrons. The summed E-state index contributed by atoms with van der Waals surface area (Å²) in [6, 6.07) is 5.01. The van der Waals surface area contributed by atoms with Crippen molar-refractivity contribution in [1.82, 2.24) is 9.88 Å². The van der Waals surface area contributed by atoms with Gasteiger partial charge in [0.15, 0.2) is 0 Å². The second-order valence-electron chi connectivity index (χ2n) is 4.63. The topological polar surface area (TPSA) is 28.2 Å². The first kappa shape index (κ1) is 11.7. The number of likely N-dealkylation sites (tertiary alicyclic amines) is 1. The number of anilines is 1. The second kappa shape index (κ2) is 4.60. The second-order valence-corrected chi connectivity index (χ2v) is 5.02. The number of nitrogens with zero attached hydrogens (tertiary/aromatic N) is 2. The lowest BCUT2D eigenvalue weighted by atomic mass is 10.2. The third-order valence-corrected chi connectivity index (χ3v) is 3.51. The number of hydrogen-bond acceptors (Lipinski definition) is 3. The molecule has 1 N–H and O–H groups in total. The summed E-state index contributed by atoms with van der Waals surface area (Å²) in [4.78, 5) is 6.61. The van der Waals surface area contributed by atoms with Crippen LogP contribution >= 0.6 is 11.6 Å². The number of rotatable bonds is 2. The number of likely N-dealkylation sites (N-methyl/N-ethyl adjacent to an activating group) is 1. The average molecular weight is 240 g/mol. The third-order valence-electron chi connectivity index (χ3n) is 3.30. The van der Waals surface area contributed by atoms with Crippen LogP contribution in [0.4, 0.5) is 5.69 Å². The van der Waals surface area contributed by atoms with Crippen LogP contribution in [0.5, 0.6) is 0 Å². The van der Waals surface area contributed by atoms with Gasteiger partial charge < -0.3 is 10.2 Å². The fraction of sp³-hybridized carbons (Fsp3) is 0.583. The molecule has 1 aliphatic heterocycles. The summed E-state index contributed by atoms with van der Waals surface area (Å²) < 4.78 is 0. The van der Waals surface area contributed by atoms with Crippen molar-refractivity contribution in [3.63, 3.8) is 0 Å². The van der Waals surface area contributed by atoms with Crippen LogP contribution in [0.2, 0.25) is 5.15 Å². The van der Waals surface area contributed by atoms with Crippen LogP contribution in [0, 0.1) is 6.92 Å². The number of halogens is 1. The molecule has 16 heavy (non-hydrogen) atoms. The lowest BCUT2D eigenvalue weighted by Crippen LogP contribution is -2.25. The predicted molar refractivity (Wildman–Crippen MR) is 68.1 cm³/mol. The first-order valence-corrected chi connectivity index (χ1v) is 6.04. The Morgan fingerprint density at radius 2 is 2.25 bits per heavy atom. The van der Waals surface area contributed by atoms with Crippen LogP contribution in [0.1, 0.15) is 19.0 Å². The first-order valence-electron chi connectivity index (χ1n) is 5.66. The van der Waals surface area contributed by atoms with Crippen LogP contribution in [0.3, 0.4) is 0 Å². The van der Waals surface area contributed by atoms with E-state index in [1.807, 2.05) is 19.1 Å². The molecule has 88 valence electrons. The molecule has 0 aliphatic carbocycles. The van der Waals surface area contributed by atoms with Gasteiger partial charge in [-0.05, 0) is 39.4 Å². The Balaban J connectivity index is 2.05. The molecule has 0 aromatic carbocycles. The van der Waals surface area contributed by atoms with Gasteiger partial charge in [-0.25, -0.2) is 4.98 Å². The molecule has 1 aromatic heterocycles. The van der Waals surface area contributed by atoms with E-state index >= 15 is 0 Å². The molecule has 2 rings (SSSR count). The van der Waals surface area contributed by atoms with Crippen LogP contribution in [-0.2, 0) is 0 Å². The summed E-state index contributed by atoms with van der Waals surface area (Å²) in [5.74, 6) is 0. The zero-order chi connectivity index (χ0) is 11.7. The number of pyridine rings is 1. The molecule has 0 bridgehead atoms. The largest absolute Gasteiger partial charge is 0.379 e. The van der Waals surface area contributed by atoms with E-state index in [2.05, 4.69) is 29.2 Å². The third kappa shape index (κ3) is 2.47. The highest BCUT2D eigenvalue weighted by Crippen LogP contribution is 2.22. The molecule has 1 fully saturated rings. The Morgan fingerprint density at radius 3 is 2.81 bits per heavy atom. The van der Waals surface area contributed by atoms with Crippen LogP contribution in [0.15, 0.2) is 12.1 Å². The summed E-state index contributed by atoms with van der Waals surface area (Å²) >= 11 is 5.83. The van der Waals surface area contributed by atoms with Gasteiger partial charge in [-0.1, -0.05) is 11.6 Å². The van der Waals surface area contributed by atoms with Gasteiger partial charge in [-0.15, -0.1) is 0 Å². The summed E-state index contributed by atoms with van der Waals surface area (Å²) in [5, 5.41) is 4.09. The van der Waals surface area contributed by atoms with Crippen molar-refractivity contribution in [3.05, 3.63) is 23.0 Å². The van der Waals surface area contributed by atoms with E-state index in [0.29, 0.717) is 17.2 Å². The molecule has 1 saturated heterocycles. The highest BCUT2D eigenvalue weighted by molar-refractivity contribution is 6.29. The highest BCUT2D eigenvalue weighted by Gasteiger charge is 2.26. The zero-order valence-corrected chi connectivity index (χ0v) is 10.8. The SMILES string of the molecule is Cc1nc(Cl)ccc1NC1CC(C)N(C)C1. The molecule has 0 saturated carbocycles. The lowest BCUT2D eigenvalue weighted by Gasteiger charge is -2.15. The lowest BCUT2D eigenvalue weighted by molar-refractivity contribution is 0.330. The van der Waals surface area contributed by atoms with Crippen LogP contribution in [-0.4, -0.2) is 35.6 Å². The molecule has 0 spiro atoms. The Morgan fingerprint density at radius 1 is 1.50 bits per heavy atom. The molecule has 4 heteroatoms. The Kier molecular flexibility index (Phi) is 3.36. The van der Waals surface area contributed by atoms with Crippen molar-refractivity contribution in [2.75, 3.05) is 18.9 Å². The van der Waals surface area contributed by atoms with Crippen molar-refractivity contribution in [2.45, 2.75) is 32.4 Å². The molecule has 2 atom stereocenters. The minimum atomic E-state index is 0.515. The molecule has 3 nitrogen and oxygen atoms in total. The maximum Gasteiger partial charge on any atom is 0.129 e. The van der Waals surface area contributed by atoms with Crippen LogP contribution in [0.25, 0.3) is 0 Å². The molecular weight excluding hydrogens is 222 g/mol. The summed E-state index contributed by atoms with van der Waals surface area (Å²) in [6.45, 7) is 5.33. The van der Waals surface area contributed by atoms with E-state index in [4.69, 9.17) is 11.6 Å². The van der Waals surface area contributed by atoms with Crippen LogP contribution < -0.4 is 5.32 Å². The van der Waals surface area contributed by atoms with Gasteiger partial charge >= 0.3 is 0 Å². The van der Waals surface area contributed by atoms with E-state index in [1.165, 1.54) is 6.42 Å². The van der Waals surface area contributed by atoms with Crippen molar-refractivity contribution < 1.29 is 0 Å². The smallest absolute Gasteiger partial charge is 0.129 e. The minimum Gasteiger partial charge on any atom is -0.379 e. The Bertz CT molecular complexity index is 371. The van der Waals surface area contributed by atoms with E-state index in [9.17, 15) is 0 Å². The fourth-order valence-electron chi connectivity index (χ4n) is 2.20. The molecule has 2 heterocycles. The van der Waals surface area contributed by atoms with Gasteiger partial charge in [0, 0.05) is 18.6 Å². The minimum absolute atomic E-state index is 0.515. The van der Waals surface area contributed by atoms with Gasteiger partial charge in [-0.2, -0.15) is 0 Å². The quantitative estimate of drug-likeness (QED) is 0.804. The van der Waals surface area contributed by atoms with E-state index < -0.39 is 0 Å². The fourth-order valence-corrected chi connectivity index (χ4v) is 2.39. The maximum absolute atomic E-state index is 5.83. The Labute approximate surface area is 102 Å². The van der Waals surface area contributed by atoms with E-state index in [0.717, 1.165) is 17.9 Å². The van der Waals surface area contributed by atoms with E-state index in [1.54, 1.807) is 0 Å². The standard InChI is InChI=1S/C12H18ClN3/c1-8-6-10(7-16(8)3)15-11-4-5-12(13)14-9(11)2/h4-5,8,10,15H,6-7H2,1-3H3. The van der Waals surface area contributed by atoms with Gasteiger partial charge in [0.05, 0.1) is 11.4 Å². The maximum atomic E-state index is 5.83. The number of aromatic nitrogens is 1. The van der Waals surface area contributed by atoms with E-state index in [-0.39, 0.29) is 0 Å². The molecule has 1 aliphatic rings. The molecule has 2 unspecified atom stereocenters. The van der Waals surface area contributed by atoms with Gasteiger partial charge in [0.25, 0.3) is 0 Å². The van der Waals surface area contributed by atoms with Gasteiger partial charge in [0.2, 0.25) is 0 Å². The summed E-state index contributed by atoms with van der Waals surface area (Å²) in [5.41, 5.74) is 2.06. The zero-order valence-electron chi connectivity index (χ0n) is 10.00. The highest BCUT2D eigenvalue weighted by atomic mass is 35.5. The molecular formula is C12H18ClN3. The van der Waals surface area contributed by atoms with Crippen molar-refractivity contribution in [2.24, 2.45) is 0 Å². The van der Waals surface area contributed by atoms with Gasteiger partial charge in [-0.3, -0.25) is 0 Å².